The Balaban J connectivity index is 1.75. The molecule has 2 aromatic carbocycles. The summed E-state index contributed by atoms with van der Waals surface area (Å²) in [4.78, 5) is 17.4. The Morgan fingerprint density at radius 1 is 1.15 bits per heavy atom. The Morgan fingerprint density at radius 3 is 2.81 bits per heavy atom. The quantitative estimate of drug-likeness (QED) is 0.559. The van der Waals surface area contributed by atoms with Crippen molar-refractivity contribution in [2.24, 2.45) is 0 Å². The van der Waals surface area contributed by atoms with Crippen molar-refractivity contribution in [1.82, 2.24) is 20.1 Å². The number of likely N-dealkylation sites (tertiary alicyclic amines) is 1. The summed E-state index contributed by atoms with van der Waals surface area (Å²) in [7, 11) is 0. The molecule has 2 N–H and O–H groups in total. The minimum absolute atomic E-state index is 0.101. The van der Waals surface area contributed by atoms with E-state index in [9.17, 15) is 9.18 Å². The number of nitrogens with one attached hydrogen (secondary N) is 2. The summed E-state index contributed by atoms with van der Waals surface area (Å²) in [6.45, 7) is 1.63. The molecule has 0 spiro atoms. The van der Waals surface area contributed by atoms with Crippen LogP contribution < -0.4 is 5.56 Å². The van der Waals surface area contributed by atoms with Crippen molar-refractivity contribution in [1.29, 1.82) is 0 Å². The highest BCUT2D eigenvalue weighted by Crippen LogP contribution is 2.32. The highest BCUT2D eigenvalue weighted by molar-refractivity contribution is 6.09. The van der Waals surface area contributed by atoms with E-state index in [-0.39, 0.29) is 5.56 Å². The van der Waals surface area contributed by atoms with E-state index in [1.807, 2.05) is 30.5 Å². The van der Waals surface area contributed by atoms with Gasteiger partial charge in [-0.3, -0.25) is 14.8 Å². The van der Waals surface area contributed by atoms with Gasteiger partial charge in [-0.15, -0.1) is 0 Å². The second kappa shape index (κ2) is 5.78. The van der Waals surface area contributed by atoms with Crippen LogP contribution in [0.1, 0.15) is 5.56 Å². The summed E-state index contributed by atoms with van der Waals surface area (Å²) >= 11 is 0. The fraction of sp³-hybridized carbons (Fsp3) is 0.200. The van der Waals surface area contributed by atoms with Crippen LogP contribution in [-0.4, -0.2) is 39.3 Å². The summed E-state index contributed by atoms with van der Waals surface area (Å²) < 4.78 is 13.2. The molecule has 130 valence electrons. The Labute approximate surface area is 148 Å². The molecule has 1 aliphatic heterocycles. The lowest BCUT2D eigenvalue weighted by Gasteiger charge is -2.34. The smallest absolute Gasteiger partial charge is 0.256 e. The zero-order chi connectivity index (χ0) is 17.7. The summed E-state index contributed by atoms with van der Waals surface area (Å²) in [6, 6.07) is 10.1. The highest BCUT2D eigenvalue weighted by Gasteiger charge is 2.26. The van der Waals surface area contributed by atoms with Crippen molar-refractivity contribution in [3.63, 3.8) is 0 Å². The lowest BCUT2D eigenvalue weighted by atomic mass is 9.94. The van der Waals surface area contributed by atoms with Crippen LogP contribution in [0.3, 0.4) is 0 Å². The monoisotopic (exact) mass is 348 g/mol. The topological polar surface area (TPSA) is 64.8 Å². The van der Waals surface area contributed by atoms with Crippen molar-refractivity contribution >= 4 is 21.5 Å². The number of hydrogen-bond acceptors (Lipinski definition) is 3. The van der Waals surface area contributed by atoms with Crippen molar-refractivity contribution in [3.05, 3.63) is 64.8 Å². The van der Waals surface area contributed by atoms with E-state index in [0.717, 1.165) is 32.8 Å². The van der Waals surface area contributed by atoms with Crippen LogP contribution in [0.25, 0.3) is 32.7 Å². The molecule has 5 nitrogen and oxygen atoms in total. The summed E-state index contributed by atoms with van der Waals surface area (Å²) in [5.41, 5.74) is 2.99. The molecular weight excluding hydrogens is 331 g/mol. The van der Waals surface area contributed by atoms with E-state index in [1.165, 1.54) is 0 Å². The lowest BCUT2D eigenvalue weighted by molar-refractivity contribution is 0.0595. The maximum atomic E-state index is 13.2. The van der Waals surface area contributed by atoms with Gasteiger partial charge in [0.05, 0.1) is 11.6 Å². The lowest BCUT2D eigenvalue weighted by Crippen LogP contribution is -2.47. The Hall–Kier alpha value is -2.99. The summed E-state index contributed by atoms with van der Waals surface area (Å²) in [5.74, 6) is 0. The van der Waals surface area contributed by atoms with Crippen LogP contribution in [0.15, 0.2) is 53.7 Å². The predicted octanol–water partition coefficient (Wildman–Crippen LogP) is 3.23. The molecule has 0 unspecified atom stereocenters. The first-order chi connectivity index (χ1) is 12.7. The molecule has 6 heteroatoms. The molecule has 0 radical (unpaired) electrons. The highest BCUT2D eigenvalue weighted by atomic mass is 19.1. The number of nitrogens with zero attached hydrogens (tertiary/aromatic N) is 2. The van der Waals surface area contributed by atoms with E-state index in [1.54, 1.807) is 12.4 Å². The van der Waals surface area contributed by atoms with Crippen LogP contribution in [0.2, 0.25) is 0 Å². The molecule has 0 aliphatic carbocycles. The van der Waals surface area contributed by atoms with Gasteiger partial charge in [-0.1, -0.05) is 12.1 Å². The minimum Gasteiger partial charge on any atom is -0.329 e. The largest absolute Gasteiger partial charge is 0.329 e. The number of aromatic amines is 2. The number of halogens is 1. The number of fused-ring (bicyclic) bond motifs is 3. The van der Waals surface area contributed by atoms with Gasteiger partial charge >= 0.3 is 0 Å². The van der Waals surface area contributed by atoms with Gasteiger partial charge in [0.15, 0.2) is 0 Å². The van der Waals surface area contributed by atoms with E-state index < -0.39 is 6.17 Å². The number of aromatic nitrogens is 3. The number of alkyl halides is 1. The molecule has 1 saturated heterocycles. The number of rotatable bonds is 3. The molecule has 5 rings (SSSR count). The zero-order valence-corrected chi connectivity index (χ0v) is 14.0. The van der Waals surface area contributed by atoms with Crippen molar-refractivity contribution in [2.45, 2.75) is 12.7 Å². The summed E-state index contributed by atoms with van der Waals surface area (Å²) in [6.07, 6.45) is 4.54. The maximum Gasteiger partial charge on any atom is 0.256 e. The van der Waals surface area contributed by atoms with E-state index >= 15 is 0 Å². The van der Waals surface area contributed by atoms with Crippen LogP contribution in [0, 0.1) is 0 Å². The standard InChI is InChI=1S/C20H17FN4O/c21-16-10-25(11-16)9-14-5-13-3-4-22-20(26)19(13)18-6-12(1-2-17(14)18)15-7-23-24-8-15/h1-8,16H,9-11H2,(H,22,26)(H,23,24). The predicted molar refractivity (Wildman–Crippen MR) is 99.8 cm³/mol. The first-order valence-corrected chi connectivity index (χ1v) is 8.61. The second-order valence-corrected chi connectivity index (χ2v) is 6.85. The third-order valence-electron chi connectivity index (χ3n) is 5.10. The van der Waals surface area contributed by atoms with Crippen molar-refractivity contribution in [3.8, 4) is 11.1 Å². The first kappa shape index (κ1) is 15.3. The normalized spacial score (nSPS) is 15.6. The molecule has 3 heterocycles. The van der Waals surface area contributed by atoms with Crippen molar-refractivity contribution < 1.29 is 4.39 Å². The van der Waals surface area contributed by atoms with Gasteiger partial charge in [0.1, 0.15) is 6.17 Å². The van der Waals surface area contributed by atoms with Crippen LogP contribution in [-0.2, 0) is 6.54 Å². The fourth-order valence-electron chi connectivity index (χ4n) is 3.78. The van der Waals surface area contributed by atoms with Gasteiger partial charge in [0.25, 0.3) is 5.56 Å². The van der Waals surface area contributed by atoms with E-state index in [0.29, 0.717) is 25.0 Å². The second-order valence-electron chi connectivity index (χ2n) is 6.85. The molecule has 26 heavy (non-hydrogen) atoms. The maximum absolute atomic E-state index is 13.2. The van der Waals surface area contributed by atoms with E-state index in [4.69, 9.17) is 0 Å². The SMILES string of the molecule is O=c1[nH]ccc2cc(CN3CC(F)C3)c3ccc(-c4cn[nH]c4)cc3c12. The van der Waals surface area contributed by atoms with Gasteiger partial charge in [-0.25, -0.2) is 4.39 Å². The molecule has 1 fully saturated rings. The van der Waals surface area contributed by atoms with Crippen LogP contribution in [0.4, 0.5) is 4.39 Å². The Morgan fingerprint density at radius 2 is 2.04 bits per heavy atom. The van der Waals surface area contributed by atoms with Gasteiger partial charge in [-0.2, -0.15) is 5.10 Å². The van der Waals surface area contributed by atoms with Gasteiger partial charge in [-0.05, 0) is 45.5 Å². The van der Waals surface area contributed by atoms with Crippen molar-refractivity contribution in [2.75, 3.05) is 13.1 Å². The van der Waals surface area contributed by atoms with Gasteiger partial charge in [0, 0.05) is 37.6 Å². The third kappa shape index (κ3) is 2.42. The molecule has 2 aromatic heterocycles. The third-order valence-corrected chi connectivity index (χ3v) is 5.10. The van der Waals surface area contributed by atoms with Crippen LogP contribution >= 0.6 is 0 Å². The van der Waals surface area contributed by atoms with Gasteiger partial charge in [0.2, 0.25) is 0 Å². The minimum atomic E-state index is -0.725. The number of H-pyrrole nitrogens is 2. The molecule has 0 atom stereocenters. The zero-order valence-electron chi connectivity index (χ0n) is 14.0. The van der Waals surface area contributed by atoms with Crippen LogP contribution in [0.5, 0.6) is 0 Å². The van der Waals surface area contributed by atoms with E-state index in [2.05, 4.69) is 26.1 Å². The summed E-state index contributed by atoms with van der Waals surface area (Å²) in [5, 5.41) is 10.4. The molecule has 0 saturated carbocycles. The van der Waals surface area contributed by atoms with Gasteiger partial charge < -0.3 is 4.98 Å². The first-order valence-electron chi connectivity index (χ1n) is 8.61. The number of benzene rings is 2. The Bertz CT molecular complexity index is 1160. The molecule has 0 amide bonds. The molecule has 0 bridgehead atoms. The number of hydrogen-bond donors (Lipinski definition) is 2. The Kier molecular flexibility index (Phi) is 3.39. The number of pyridine rings is 1. The average Bonchev–Trinajstić information content (AvgIpc) is 3.14. The molecular formula is C20H17FN4O. The molecule has 4 aromatic rings. The average molecular weight is 348 g/mol. The molecule has 1 aliphatic rings. The fourth-order valence-corrected chi connectivity index (χ4v) is 3.78.